The summed E-state index contributed by atoms with van der Waals surface area (Å²) < 4.78 is 0. The van der Waals surface area contributed by atoms with Crippen molar-refractivity contribution in [3.63, 3.8) is 0 Å². The summed E-state index contributed by atoms with van der Waals surface area (Å²) in [5.41, 5.74) is 1.56. The largest absolute Gasteiger partial charge is 0.339 e. The fraction of sp³-hybridized carbons (Fsp3) is 0.529. The molecule has 0 bridgehead atoms. The van der Waals surface area contributed by atoms with Crippen LogP contribution in [0.5, 0.6) is 0 Å². The molecule has 0 saturated heterocycles. The Labute approximate surface area is 127 Å². The van der Waals surface area contributed by atoms with Crippen LogP contribution in [0.4, 0.5) is 0 Å². The van der Waals surface area contributed by atoms with Crippen molar-refractivity contribution < 1.29 is 4.79 Å². The molecule has 0 aromatic heterocycles. The normalized spacial score (nSPS) is 11.0. The van der Waals surface area contributed by atoms with Gasteiger partial charge in [0.1, 0.15) is 0 Å². The second-order valence-electron chi connectivity index (χ2n) is 6.10. The SMILES string of the molecule is CCN(Cc1ccccc1C#N)C(=O)CCNC(C)(C)C. The zero-order chi connectivity index (χ0) is 15.9. The van der Waals surface area contributed by atoms with E-state index < -0.39 is 0 Å². The van der Waals surface area contributed by atoms with E-state index in [-0.39, 0.29) is 11.4 Å². The third-order valence-electron chi connectivity index (χ3n) is 3.23. The van der Waals surface area contributed by atoms with Crippen molar-refractivity contribution in [2.45, 2.75) is 46.2 Å². The van der Waals surface area contributed by atoms with E-state index in [4.69, 9.17) is 5.26 Å². The molecule has 0 spiro atoms. The lowest BCUT2D eigenvalue weighted by Gasteiger charge is -2.24. The molecule has 4 heteroatoms. The van der Waals surface area contributed by atoms with Crippen molar-refractivity contribution in [3.8, 4) is 6.07 Å². The van der Waals surface area contributed by atoms with Crippen LogP contribution in [-0.2, 0) is 11.3 Å². The highest BCUT2D eigenvalue weighted by molar-refractivity contribution is 5.76. The number of nitrogens with one attached hydrogen (secondary N) is 1. The molecule has 4 nitrogen and oxygen atoms in total. The molecule has 0 aliphatic rings. The van der Waals surface area contributed by atoms with Crippen molar-refractivity contribution in [3.05, 3.63) is 35.4 Å². The van der Waals surface area contributed by atoms with E-state index in [1.807, 2.05) is 25.1 Å². The lowest BCUT2D eigenvalue weighted by Crippen LogP contribution is -2.39. The van der Waals surface area contributed by atoms with Gasteiger partial charge >= 0.3 is 0 Å². The molecule has 1 aromatic rings. The number of nitrogens with zero attached hydrogens (tertiary/aromatic N) is 2. The smallest absolute Gasteiger partial charge is 0.224 e. The van der Waals surface area contributed by atoms with Crippen LogP contribution in [0.2, 0.25) is 0 Å². The second kappa shape index (κ2) is 7.80. The van der Waals surface area contributed by atoms with Crippen LogP contribution in [0, 0.1) is 11.3 Å². The fourth-order valence-corrected chi connectivity index (χ4v) is 2.05. The molecule has 0 unspecified atom stereocenters. The number of carbonyl (C=O) groups excluding carboxylic acids is 1. The standard InChI is InChI=1S/C17H25N3O/c1-5-20(16(21)10-11-19-17(2,3)4)13-15-9-7-6-8-14(15)12-18/h6-9,19H,5,10-11,13H2,1-4H3. The van der Waals surface area contributed by atoms with E-state index in [1.165, 1.54) is 0 Å². The Bertz CT molecular complexity index is 512. The summed E-state index contributed by atoms with van der Waals surface area (Å²) in [4.78, 5) is 14.1. The van der Waals surface area contributed by atoms with E-state index in [2.05, 4.69) is 32.2 Å². The van der Waals surface area contributed by atoms with E-state index in [0.717, 1.165) is 5.56 Å². The molecule has 0 radical (unpaired) electrons. The van der Waals surface area contributed by atoms with Crippen molar-refractivity contribution >= 4 is 5.91 Å². The number of rotatable bonds is 6. The first-order valence-corrected chi connectivity index (χ1v) is 7.38. The predicted molar refractivity (Wildman–Crippen MR) is 84.6 cm³/mol. The van der Waals surface area contributed by atoms with Gasteiger partial charge in [-0.2, -0.15) is 5.26 Å². The molecular weight excluding hydrogens is 262 g/mol. The maximum absolute atomic E-state index is 12.3. The Balaban J connectivity index is 2.62. The number of nitriles is 1. The van der Waals surface area contributed by atoms with Crippen LogP contribution in [0.1, 0.15) is 45.2 Å². The third kappa shape index (κ3) is 5.97. The number of hydrogen-bond donors (Lipinski definition) is 1. The van der Waals surface area contributed by atoms with Gasteiger partial charge in [-0.15, -0.1) is 0 Å². The number of carbonyl (C=O) groups is 1. The summed E-state index contributed by atoms with van der Waals surface area (Å²) >= 11 is 0. The third-order valence-corrected chi connectivity index (χ3v) is 3.23. The molecule has 114 valence electrons. The van der Waals surface area contributed by atoms with Crippen LogP contribution in [0.25, 0.3) is 0 Å². The number of amides is 1. The van der Waals surface area contributed by atoms with Gasteiger partial charge in [0.15, 0.2) is 0 Å². The van der Waals surface area contributed by atoms with Crippen LogP contribution in [0.15, 0.2) is 24.3 Å². The lowest BCUT2D eigenvalue weighted by atomic mass is 10.1. The van der Waals surface area contributed by atoms with E-state index in [9.17, 15) is 4.79 Å². The molecule has 1 N–H and O–H groups in total. The Morgan fingerprint density at radius 2 is 2.00 bits per heavy atom. The predicted octanol–water partition coefficient (Wildman–Crippen LogP) is 2.68. The van der Waals surface area contributed by atoms with Crippen molar-refractivity contribution in [1.29, 1.82) is 5.26 Å². The quantitative estimate of drug-likeness (QED) is 0.875. The minimum absolute atomic E-state index is 0.0186. The van der Waals surface area contributed by atoms with Gasteiger partial charge in [-0.3, -0.25) is 4.79 Å². The van der Waals surface area contributed by atoms with Gasteiger partial charge in [0.2, 0.25) is 5.91 Å². The summed E-state index contributed by atoms with van der Waals surface area (Å²) in [7, 11) is 0. The van der Waals surface area contributed by atoms with Gasteiger partial charge in [0, 0.05) is 31.6 Å². The molecule has 21 heavy (non-hydrogen) atoms. The summed E-state index contributed by atoms with van der Waals surface area (Å²) in [6.07, 6.45) is 0.472. The van der Waals surface area contributed by atoms with Gasteiger partial charge in [-0.1, -0.05) is 18.2 Å². The van der Waals surface area contributed by atoms with Crippen LogP contribution < -0.4 is 5.32 Å². The molecule has 0 fully saturated rings. The Morgan fingerprint density at radius 1 is 1.33 bits per heavy atom. The second-order valence-corrected chi connectivity index (χ2v) is 6.10. The van der Waals surface area contributed by atoms with Gasteiger partial charge in [0.25, 0.3) is 0 Å². The highest BCUT2D eigenvalue weighted by atomic mass is 16.2. The van der Waals surface area contributed by atoms with Crippen molar-refractivity contribution in [1.82, 2.24) is 10.2 Å². The average Bonchev–Trinajstić information content (AvgIpc) is 2.43. The topological polar surface area (TPSA) is 56.1 Å². The van der Waals surface area contributed by atoms with Gasteiger partial charge in [0.05, 0.1) is 11.6 Å². The van der Waals surface area contributed by atoms with Crippen LogP contribution in [0.3, 0.4) is 0 Å². The summed E-state index contributed by atoms with van der Waals surface area (Å²) in [6.45, 7) is 10.0. The summed E-state index contributed by atoms with van der Waals surface area (Å²) in [5, 5.41) is 12.4. The van der Waals surface area contributed by atoms with E-state index in [1.54, 1.807) is 11.0 Å². The Hall–Kier alpha value is -1.86. The maximum Gasteiger partial charge on any atom is 0.224 e. The molecular formula is C17H25N3O. The molecule has 0 aliphatic heterocycles. The highest BCUT2D eigenvalue weighted by Crippen LogP contribution is 2.11. The number of hydrogen-bond acceptors (Lipinski definition) is 3. The molecule has 0 atom stereocenters. The summed E-state index contributed by atoms with van der Waals surface area (Å²) in [6, 6.07) is 9.61. The number of benzene rings is 1. The molecule has 1 rings (SSSR count). The first kappa shape index (κ1) is 17.2. The molecule has 0 saturated carbocycles. The molecule has 0 aliphatic carbocycles. The molecule has 1 amide bonds. The molecule has 0 heterocycles. The lowest BCUT2D eigenvalue weighted by molar-refractivity contribution is -0.131. The monoisotopic (exact) mass is 287 g/mol. The van der Waals surface area contributed by atoms with Crippen LogP contribution in [-0.4, -0.2) is 29.4 Å². The minimum Gasteiger partial charge on any atom is -0.339 e. The van der Waals surface area contributed by atoms with E-state index >= 15 is 0 Å². The average molecular weight is 287 g/mol. The zero-order valence-corrected chi connectivity index (χ0v) is 13.4. The van der Waals surface area contributed by atoms with Gasteiger partial charge < -0.3 is 10.2 Å². The molecule has 1 aromatic carbocycles. The maximum atomic E-state index is 12.3. The van der Waals surface area contributed by atoms with Crippen molar-refractivity contribution in [2.24, 2.45) is 0 Å². The zero-order valence-electron chi connectivity index (χ0n) is 13.4. The van der Waals surface area contributed by atoms with Gasteiger partial charge in [-0.25, -0.2) is 0 Å². The first-order valence-electron chi connectivity index (χ1n) is 7.38. The Morgan fingerprint density at radius 3 is 2.57 bits per heavy atom. The van der Waals surface area contributed by atoms with Crippen LogP contribution >= 0.6 is 0 Å². The van der Waals surface area contributed by atoms with Gasteiger partial charge in [-0.05, 0) is 39.3 Å². The van der Waals surface area contributed by atoms with E-state index in [0.29, 0.717) is 31.6 Å². The fourth-order valence-electron chi connectivity index (χ4n) is 2.05. The minimum atomic E-state index is 0.0186. The van der Waals surface area contributed by atoms with Crippen molar-refractivity contribution in [2.75, 3.05) is 13.1 Å². The highest BCUT2D eigenvalue weighted by Gasteiger charge is 2.15. The first-order chi connectivity index (χ1) is 9.87. The Kier molecular flexibility index (Phi) is 6.39. The summed E-state index contributed by atoms with van der Waals surface area (Å²) in [5.74, 6) is 0.113.